The summed E-state index contributed by atoms with van der Waals surface area (Å²) in [4.78, 5) is 27.1. The van der Waals surface area contributed by atoms with Crippen molar-refractivity contribution in [2.45, 2.75) is 88.6 Å². The number of sulfonamides is 1. The van der Waals surface area contributed by atoms with Crippen molar-refractivity contribution in [3.8, 4) is 0 Å². The molecule has 2 saturated carbocycles. The van der Waals surface area contributed by atoms with E-state index >= 15 is 0 Å². The van der Waals surface area contributed by atoms with E-state index in [4.69, 9.17) is 0 Å². The van der Waals surface area contributed by atoms with Crippen LogP contribution in [0.1, 0.15) is 75.3 Å². The van der Waals surface area contributed by atoms with Crippen LogP contribution in [0.5, 0.6) is 0 Å². The minimum atomic E-state index is -3.65. The third-order valence-corrected chi connectivity index (χ3v) is 8.65. The second-order valence-corrected chi connectivity index (χ2v) is 10.9. The van der Waals surface area contributed by atoms with Crippen molar-refractivity contribution in [1.29, 1.82) is 0 Å². The van der Waals surface area contributed by atoms with E-state index in [0.717, 1.165) is 64.2 Å². The molecule has 1 aromatic carbocycles. The van der Waals surface area contributed by atoms with Crippen molar-refractivity contribution in [3.63, 3.8) is 0 Å². The molecule has 3 fully saturated rings. The largest absolute Gasteiger partial charge is 0.278 e. The Kier molecular flexibility index (Phi) is 6.30. The van der Waals surface area contributed by atoms with Crippen LogP contribution in [-0.2, 0) is 26.2 Å². The fourth-order valence-electron chi connectivity index (χ4n) is 5.28. The highest BCUT2D eigenvalue weighted by molar-refractivity contribution is 7.89. The van der Waals surface area contributed by atoms with Crippen LogP contribution in [-0.4, -0.2) is 31.2 Å². The van der Waals surface area contributed by atoms with Crippen LogP contribution >= 0.6 is 0 Å². The van der Waals surface area contributed by atoms with Crippen molar-refractivity contribution >= 4 is 21.8 Å². The summed E-state index contributed by atoms with van der Waals surface area (Å²) < 4.78 is 29.1. The van der Waals surface area contributed by atoms with E-state index in [1.54, 1.807) is 19.1 Å². The van der Waals surface area contributed by atoms with Crippen LogP contribution in [0, 0.1) is 18.8 Å². The van der Waals surface area contributed by atoms with Gasteiger partial charge < -0.3 is 0 Å². The van der Waals surface area contributed by atoms with Gasteiger partial charge >= 0.3 is 0 Å². The Balaban J connectivity index is 1.53. The minimum Gasteiger partial charge on any atom is -0.278 e. The topological polar surface area (TPSA) is 83.6 Å². The zero-order chi connectivity index (χ0) is 21.3. The molecule has 0 unspecified atom stereocenters. The Bertz CT molecular complexity index is 895. The van der Waals surface area contributed by atoms with Gasteiger partial charge in [0.2, 0.25) is 21.8 Å². The number of carbonyl (C=O) groups is 2. The van der Waals surface area contributed by atoms with Gasteiger partial charge in [0.15, 0.2) is 0 Å². The maximum Gasteiger partial charge on any atom is 0.241 e. The van der Waals surface area contributed by atoms with Crippen molar-refractivity contribution in [2.75, 3.05) is 0 Å². The summed E-state index contributed by atoms with van der Waals surface area (Å²) in [7, 11) is -3.65. The van der Waals surface area contributed by atoms with E-state index in [0.29, 0.717) is 11.1 Å². The van der Waals surface area contributed by atoms with E-state index < -0.39 is 10.0 Å². The lowest BCUT2D eigenvalue weighted by Gasteiger charge is -2.19. The number of fused-ring (bicyclic) bond motifs is 1. The summed E-state index contributed by atoms with van der Waals surface area (Å²) in [6.45, 7) is 1.93. The molecule has 1 heterocycles. The van der Waals surface area contributed by atoms with Gasteiger partial charge in [0.05, 0.1) is 23.3 Å². The maximum atomic E-state index is 13.1. The normalized spacial score (nSPS) is 26.0. The number of benzene rings is 1. The van der Waals surface area contributed by atoms with Crippen LogP contribution in [0.15, 0.2) is 23.1 Å². The van der Waals surface area contributed by atoms with E-state index in [9.17, 15) is 18.0 Å². The number of nitrogens with zero attached hydrogens (tertiary/aromatic N) is 1. The Hall–Kier alpha value is -1.73. The number of aryl methyl sites for hydroxylation is 1. The number of likely N-dealkylation sites (tertiary alicyclic amines) is 1. The van der Waals surface area contributed by atoms with Crippen LogP contribution in [0.2, 0.25) is 0 Å². The standard InChI is InChI=1S/C23H32N2O4S/c1-16-12-13-17(15-25-22(26)19-10-6-7-11-20(19)23(25)27)14-21(16)30(28,29)24-18-8-4-2-3-5-9-18/h12-14,18-20,24H,2-11,15H2,1H3/t19-,20-/m0/s1. The molecule has 6 nitrogen and oxygen atoms in total. The van der Waals surface area contributed by atoms with Gasteiger partial charge in [-0.1, -0.05) is 50.7 Å². The van der Waals surface area contributed by atoms with Gasteiger partial charge in [-0.15, -0.1) is 0 Å². The lowest BCUT2D eigenvalue weighted by molar-refractivity contribution is -0.140. The molecule has 2 amide bonds. The molecule has 164 valence electrons. The summed E-state index contributed by atoms with van der Waals surface area (Å²) in [5.41, 5.74) is 1.36. The van der Waals surface area contributed by atoms with Gasteiger partial charge in [0.25, 0.3) is 0 Å². The Morgan fingerprint density at radius 1 is 0.900 bits per heavy atom. The van der Waals surface area contributed by atoms with Crippen LogP contribution in [0.4, 0.5) is 0 Å². The summed E-state index contributed by atoms with van der Waals surface area (Å²) in [6.07, 6.45) is 9.71. The second-order valence-electron chi connectivity index (χ2n) is 9.17. The third kappa shape index (κ3) is 4.33. The molecule has 1 saturated heterocycles. The monoisotopic (exact) mass is 432 g/mol. The molecular weight excluding hydrogens is 400 g/mol. The molecule has 1 aromatic rings. The highest BCUT2D eigenvalue weighted by Crippen LogP contribution is 2.38. The van der Waals surface area contributed by atoms with Gasteiger partial charge in [-0.05, 0) is 49.8 Å². The van der Waals surface area contributed by atoms with Crippen molar-refractivity contribution in [3.05, 3.63) is 29.3 Å². The molecule has 0 spiro atoms. The minimum absolute atomic E-state index is 0.0228. The zero-order valence-electron chi connectivity index (χ0n) is 17.7. The Morgan fingerprint density at radius 3 is 2.07 bits per heavy atom. The molecule has 0 aromatic heterocycles. The first-order chi connectivity index (χ1) is 14.4. The molecule has 1 aliphatic heterocycles. The Labute approximate surface area is 179 Å². The summed E-state index contributed by atoms with van der Waals surface area (Å²) in [5, 5.41) is 0. The highest BCUT2D eigenvalue weighted by atomic mass is 32.2. The van der Waals surface area contributed by atoms with Crippen LogP contribution < -0.4 is 4.72 Å². The lowest BCUT2D eigenvalue weighted by Crippen LogP contribution is -2.35. The summed E-state index contributed by atoms with van der Waals surface area (Å²) in [6, 6.07) is 5.21. The van der Waals surface area contributed by atoms with Crippen molar-refractivity contribution in [2.24, 2.45) is 11.8 Å². The number of hydrogen-bond acceptors (Lipinski definition) is 4. The molecule has 4 rings (SSSR count). The average molecular weight is 433 g/mol. The predicted octanol–water partition coefficient (Wildman–Crippen LogP) is 3.67. The molecule has 30 heavy (non-hydrogen) atoms. The van der Waals surface area contributed by atoms with Gasteiger partial charge in [-0.3, -0.25) is 14.5 Å². The lowest BCUT2D eigenvalue weighted by atomic mass is 9.81. The molecule has 7 heteroatoms. The first-order valence-electron chi connectivity index (χ1n) is 11.3. The molecule has 1 N–H and O–H groups in total. The first-order valence-corrected chi connectivity index (χ1v) is 12.8. The maximum absolute atomic E-state index is 13.1. The number of rotatable bonds is 5. The molecule has 0 bridgehead atoms. The summed E-state index contributed by atoms with van der Waals surface area (Å²) >= 11 is 0. The quantitative estimate of drug-likeness (QED) is 0.568. The number of carbonyl (C=O) groups excluding carboxylic acids is 2. The van der Waals surface area contributed by atoms with Gasteiger partial charge in [0, 0.05) is 6.04 Å². The predicted molar refractivity (Wildman–Crippen MR) is 114 cm³/mol. The van der Waals surface area contributed by atoms with Crippen LogP contribution in [0.25, 0.3) is 0 Å². The smallest absolute Gasteiger partial charge is 0.241 e. The molecule has 3 aliphatic rings. The van der Waals surface area contributed by atoms with Gasteiger partial charge in [0.1, 0.15) is 0 Å². The number of hydrogen-bond donors (Lipinski definition) is 1. The average Bonchev–Trinajstić information content (AvgIpc) is 2.89. The van der Waals surface area contributed by atoms with E-state index in [2.05, 4.69) is 4.72 Å². The zero-order valence-corrected chi connectivity index (χ0v) is 18.5. The van der Waals surface area contributed by atoms with E-state index in [-0.39, 0.29) is 41.1 Å². The SMILES string of the molecule is Cc1ccc(CN2C(=O)[C@H]3CCCC[C@@H]3C2=O)cc1S(=O)(=O)NC1CCCCCC1. The van der Waals surface area contributed by atoms with Crippen molar-refractivity contribution < 1.29 is 18.0 Å². The molecular formula is C23H32N2O4S. The Morgan fingerprint density at radius 2 is 1.47 bits per heavy atom. The molecule has 2 atom stereocenters. The number of amides is 2. The number of imide groups is 1. The van der Waals surface area contributed by atoms with Crippen LogP contribution in [0.3, 0.4) is 0 Å². The number of nitrogens with one attached hydrogen (secondary N) is 1. The first kappa shape index (κ1) is 21.5. The van der Waals surface area contributed by atoms with Gasteiger partial charge in [-0.25, -0.2) is 13.1 Å². The molecule has 0 radical (unpaired) electrons. The summed E-state index contributed by atoms with van der Waals surface area (Å²) in [5.74, 6) is -0.550. The molecule has 2 aliphatic carbocycles. The van der Waals surface area contributed by atoms with Crippen molar-refractivity contribution in [1.82, 2.24) is 9.62 Å². The van der Waals surface area contributed by atoms with E-state index in [1.165, 1.54) is 4.90 Å². The van der Waals surface area contributed by atoms with E-state index in [1.807, 2.05) is 6.07 Å². The van der Waals surface area contributed by atoms with Gasteiger partial charge in [-0.2, -0.15) is 0 Å². The second kappa shape index (κ2) is 8.79. The third-order valence-electron chi connectivity index (χ3n) is 6.99. The fourth-order valence-corrected chi connectivity index (χ4v) is 6.88. The fraction of sp³-hybridized carbons (Fsp3) is 0.652. The highest BCUT2D eigenvalue weighted by Gasteiger charge is 2.47.